The highest BCUT2D eigenvalue weighted by Gasteiger charge is 2.23. The molecule has 1 saturated heterocycles. The fourth-order valence-electron chi connectivity index (χ4n) is 2.71. The Morgan fingerprint density at radius 1 is 1.41 bits per heavy atom. The van der Waals surface area contributed by atoms with Crippen molar-refractivity contribution in [2.45, 2.75) is 31.4 Å². The SMILES string of the molecule is CN1CCC(CN(C)CC(O)CNC2CC2)C1. The molecule has 1 saturated carbocycles. The number of likely N-dealkylation sites (tertiary alicyclic amines) is 1. The summed E-state index contributed by atoms with van der Waals surface area (Å²) in [5.74, 6) is 0.786. The van der Waals surface area contributed by atoms with Crippen molar-refractivity contribution in [3.8, 4) is 0 Å². The summed E-state index contributed by atoms with van der Waals surface area (Å²) in [7, 11) is 4.31. The maximum Gasteiger partial charge on any atom is 0.0791 e. The summed E-state index contributed by atoms with van der Waals surface area (Å²) < 4.78 is 0. The quantitative estimate of drug-likeness (QED) is 0.657. The van der Waals surface area contributed by atoms with Crippen LogP contribution >= 0.6 is 0 Å². The third-order valence-corrected chi connectivity index (χ3v) is 3.80. The van der Waals surface area contributed by atoms with Gasteiger partial charge in [-0.1, -0.05) is 0 Å². The van der Waals surface area contributed by atoms with Crippen molar-refractivity contribution in [2.24, 2.45) is 5.92 Å². The molecule has 0 aromatic carbocycles. The Balaban J connectivity index is 1.56. The summed E-state index contributed by atoms with van der Waals surface area (Å²) in [6.45, 7) is 5.09. The molecule has 100 valence electrons. The Morgan fingerprint density at radius 2 is 2.18 bits per heavy atom. The van der Waals surface area contributed by atoms with Gasteiger partial charge in [-0.25, -0.2) is 0 Å². The highest BCUT2D eigenvalue weighted by molar-refractivity contribution is 4.82. The maximum absolute atomic E-state index is 9.91. The molecule has 2 N–H and O–H groups in total. The van der Waals surface area contributed by atoms with Gasteiger partial charge in [0, 0.05) is 32.2 Å². The molecular weight excluding hydrogens is 214 g/mol. The van der Waals surface area contributed by atoms with Crippen molar-refractivity contribution in [1.82, 2.24) is 15.1 Å². The standard InChI is InChI=1S/C13H27N3O/c1-15-6-5-11(8-15)9-16(2)10-13(17)7-14-12-3-4-12/h11-14,17H,3-10H2,1-2H3. The van der Waals surface area contributed by atoms with Crippen LogP contribution in [-0.4, -0.2) is 73.9 Å². The molecule has 0 aromatic rings. The first-order chi connectivity index (χ1) is 8.13. The number of likely N-dealkylation sites (N-methyl/N-ethyl adjacent to an activating group) is 1. The molecular formula is C13H27N3O. The molecule has 0 spiro atoms. The number of nitrogens with one attached hydrogen (secondary N) is 1. The Bertz CT molecular complexity index is 233. The second kappa shape index (κ2) is 6.14. The molecule has 0 amide bonds. The molecule has 4 heteroatoms. The van der Waals surface area contributed by atoms with E-state index in [0.29, 0.717) is 6.04 Å². The fraction of sp³-hybridized carbons (Fsp3) is 1.00. The van der Waals surface area contributed by atoms with E-state index in [9.17, 15) is 5.11 Å². The zero-order valence-electron chi connectivity index (χ0n) is 11.2. The second-order valence-electron chi connectivity index (χ2n) is 5.97. The topological polar surface area (TPSA) is 38.7 Å². The monoisotopic (exact) mass is 241 g/mol. The summed E-state index contributed by atoms with van der Waals surface area (Å²) in [5.41, 5.74) is 0. The van der Waals surface area contributed by atoms with Gasteiger partial charge in [-0.2, -0.15) is 0 Å². The minimum Gasteiger partial charge on any atom is -0.390 e. The van der Waals surface area contributed by atoms with Crippen molar-refractivity contribution in [1.29, 1.82) is 0 Å². The van der Waals surface area contributed by atoms with Crippen molar-refractivity contribution >= 4 is 0 Å². The first-order valence-electron chi connectivity index (χ1n) is 6.92. The maximum atomic E-state index is 9.91. The predicted molar refractivity (Wildman–Crippen MR) is 70.1 cm³/mol. The van der Waals surface area contributed by atoms with Crippen LogP contribution in [0, 0.1) is 5.92 Å². The van der Waals surface area contributed by atoms with Gasteiger partial charge in [0.1, 0.15) is 0 Å². The minimum atomic E-state index is -0.222. The van der Waals surface area contributed by atoms with Gasteiger partial charge < -0.3 is 20.2 Å². The van der Waals surface area contributed by atoms with Crippen LogP contribution in [0.4, 0.5) is 0 Å². The second-order valence-corrected chi connectivity index (χ2v) is 5.97. The third-order valence-electron chi connectivity index (χ3n) is 3.80. The molecule has 0 bridgehead atoms. The van der Waals surface area contributed by atoms with Crippen molar-refractivity contribution in [3.05, 3.63) is 0 Å². The molecule has 4 nitrogen and oxygen atoms in total. The van der Waals surface area contributed by atoms with Crippen LogP contribution in [0.2, 0.25) is 0 Å². The van der Waals surface area contributed by atoms with Crippen LogP contribution in [0.1, 0.15) is 19.3 Å². The van der Waals surface area contributed by atoms with Crippen molar-refractivity contribution in [3.63, 3.8) is 0 Å². The van der Waals surface area contributed by atoms with Crippen molar-refractivity contribution < 1.29 is 5.11 Å². The van der Waals surface area contributed by atoms with E-state index in [-0.39, 0.29) is 6.10 Å². The molecule has 0 radical (unpaired) electrons. The van der Waals surface area contributed by atoms with Gasteiger partial charge in [-0.3, -0.25) is 0 Å². The summed E-state index contributed by atoms with van der Waals surface area (Å²) >= 11 is 0. The molecule has 2 atom stereocenters. The zero-order chi connectivity index (χ0) is 12.3. The summed E-state index contributed by atoms with van der Waals surface area (Å²) in [6, 6.07) is 0.693. The third kappa shape index (κ3) is 4.92. The Labute approximate surface area is 105 Å². The number of aliphatic hydroxyl groups excluding tert-OH is 1. The lowest BCUT2D eigenvalue weighted by molar-refractivity contribution is 0.116. The number of nitrogens with zero attached hydrogens (tertiary/aromatic N) is 2. The molecule has 1 heterocycles. The van der Waals surface area contributed by atoms with Crippen LogP contribution in [0.5, 0.6) is 0 Å². The van der Waals surface area contributed by atoms with Crippen LogP contribution in [0.25, 0.3) is 0 Å². The van der Waals surface area contributed by atoms with E-state index >= 15 is 0 Å². The van der Waals surface area contributed by atoms with Crippen molar-refractivity contribution in [2.75, 3.05) is 46.8 Å². The Kier molecular flexibility index (Phi) is 4.79. The van der Waals surface area contributed by atoms with Gasteiger partial charge in [-0.15, -0.1) is 0 Å². The summed E-state index contributed by atoms with van der Waals surface area (Å²) in [4.78, 5) is 4.67. The van der Waals surface area contributed by atoms with Crippen LogP contribution < -0.4 is 5.32 Å². The fourth-order valence-corrected chi connectivity index (χ4v) is 2.71. The summed E-state index contributed by atoms with van der Waals surface area (Å²) in [5, 5.41) is 13.3. The van der Waals surface area contributed by atoms with Gasteiger partial charge >= 0.3 is 0 Å². The van der Waals surface area contributed by atoms with Crippen LogP contribution in [-0.2, 0) is 0 Å². The van der Waals surface area contributed by atoms with E-state index in [1.54, 1.807) is 0 Å². The highest BCUT2D eigenvalue weighted by Crippen LogP contribution is 2.18. The molecule has 1 aliphatic heterocycles. The molecule has 2 rings (SSSR count). The normalized spacial score (nSPS) is 27.9. The lowest BCUT2D eigenvalue weighted by Gasteiger charge is -2.23. The number of hydrogen-bond acceptors (Lipinski definition) is 4. The molecule has 2 fully saturated rings. The first-order valence-corrected chi connectivity index (χ1v) is 6.92. The predicted octanol–water partition coefficient (Wildman–Crippen LogP) is -0.0172. The van der Waals surface area contributed by atoms with Gasteiger partial charge in [0.2, 0.25) is 0 Å². The number of rotatable bonds is 7. The van der Waals surface area contributed by atoms with Gasteiger partial charge in [0.15, 0.2) is 0 Å². The van der Waals surface area contributed by atoms with E-state index in [0.717, 1.165) is 25.6 Å². The van der Waals surface area contributed by atoms with E-state index in [1.165, 1.54) is 32.4 Å². The molecule has 2 aliphatic rings. The van der Waals surface area contributed by atoms with Crippen LogP contribution in [0.3, 0.4) is 0 Å². The average Bonchev–Trinajstić information content (AvgIpc) is 3.00. The smallest absolute Gasteiger partial charge is 0.0791 e. The lowest BCUT2D eigenvalue weighted by Crippen LogP contribution is -2.39. The molecule has 2 unspecified atom stereocenters. The lowest BCUT2D eigenvalue weighted by atomic mass is 10.1. The number of aliphatic hydroxyl groups is 1. The molecule has 0 aromatic heterocycles. The Hall–Kier alpha value is -0.160. The largest absolute Gasteiger partial charge is 0.390 e. The number of hydrogen-bond donors (Lipinski definition) is 2. The average molecular weight is 241 g/mol. The minimum absolute atomic E-state index is 0.222. The molecule has 17 heavy (non-hydrogen) atoms. The first kappa shape index (κ1) is 13.3. The van der Waals surface area contributed by atoms with E-state index in [2.05, 4.69) is 29.2 Å². The Morgan fingerprint density at radius 3 is 2.76 bits per heavy atom. The molecule has 1 aliphatic carbocycles. The highest BCUT2D eigenvalue weighted by atomic mass is 16.3. The van der Waals surface area contributed by atoms with Gasteiger partial charge in [0.05, 0.1) is 6.10 Å². The van der Waals surface area contributed by atoms with E-state index in [1.807, 2.05) is 0 Å². The van der Waals surface area contributed by atoms with E-state index < -0.39 is 0 Å². The zero-order valence-corrected chi connectivity index (χ0v) is 11.2. The van der Waals surface area contributed by atoms with Gasteiger partial charge in [0.25, 0.3) is 0 Å². The summed E-state index contributed by atoms with van der Waals surface area (Å²) in [6.07, 6.45) is 3.66. The van der Waals surface area contributed by atoms with E-state index in [4.69, 9.17) is 0 Å². The van der Waals surface area contributed by atoms with Crippen LogP contribution in [0.15, 0.2) is 0 Å². The van der Waals surface area contributed by atoms with Gasteiger partial charge in [-0.05, 0) is 45.8 Å².